The lowest BCUT2D eigenvalue weighted by Crippen LogP contribution is -2.38. The number of imide groups is 1. The number of rotatable bonds is 4. The summed E-state index contributed by atoms with van der Waals surface area (Å²) in [5, 5.41) is 2.81. The molecule has 7 heteroatoms. The minimum absolute atomic E-state index is 0.0234. The van der Waals surface area contributed by atoms with Crippen molar-refractivity contribution in [2.45, 2.75) is 0 Å². The van der Waals surface area contributed by atoms with Crippen molar-refractivity contribution in [2.75, 3.05) is 13.1 Å². The van der Waals surface area contributed by atoms with Crippen LogP contribution in [0, 0.1) is 5.82 Å². The molecular formula is C17H12ClFN2O3. The predicted molar refractivity (Wildman–Crippen MR) is 85.6 cm³/mol. The Hall–Kier alpha value is -2.73. The molecule has 1 aliphatic rings. The van der Waals surface area contributed by atoms with Crippen molar-refractivity contribution in [1.29, 1.82) is 0 Å². The molecule has 0 saturated carbocycles. The molecule has 0 fully saturated rings. The highest BCUT2D eigenvalue weighted by molar-refractivity contribution is 6.37. The van der Waals surface area contributed by atoms with E-state index in [-0.39, 0.29) is 29.2 Å². The van der Waals surface area contributed by atoms with Gasteiger partial charge in [-0.2, -0.15) is 0 Å². The summed E-state index contributed by atoms with van der Waals surface area (Å²) in [6, 6.07) is 9.76. The van der Waals surface area contributed by atoms with Crippen LogP contribution in [0.5, 0.6) is 0 Å². The second-order valence-corrected chi connectivity index (χ2v) is 5.59. The van der Waals surface area contributed by atoms with Crippen molar-refractivity contribution < 1.29 is 18.8 Å². The van der Waals surface area contributed by atoms with Gasteiger partial charge in [0.25, 0.3) is 17.7 Å². The van der Waals surface area contributed by atoms with Crippen molar-refractivity contribution in [3.8, 4) is 0 Å². The van der Waals surface area contributed by atoms with Crippen LogP contribution in [0.4, 0.5) is 4.39 Å². The molecule has 0 radical (unpaired) electrons. The third kappa shape index (κ3) is 2.88. The average Bonchev–Trinajstić information content (AvgIpc) is 2.81. The van der Waals surface area contributed by atoms with E-state index in [9.17, 15) is 18.8 Å². The highest BCUT2D eigenvalue weighted by Crippen LogP contribution is 2.28. The maximum absolute atomic E-state index is 12.8. The van der Waals surface area contributed by atoms with E-state index in [2.05, 4.69) is 5.32 Å². The normalized spacial score (nSPS) is 13.2. The fraction of sp³-hybridized carbons (Fsp3) is 0.118. The Morgan fingerprint density at radius 3 is 2.46 bits per heavy atom. The number of nitrogens with zero attached hydrogens (tertiary/aromatic N) is 1. The van der Waals surface area contributed by atoms with Gasteiger partial charge in [-0.05, 0) is 36.4 Å². The van der Waals surface area contributed by atoms with Crippen molar-refractivity contribution in [2.24, 2.45) is 0 Å². The molecule has 2 aromatic rings. The van der Waals surface area contributed by atoms with Gasteiger partial charge in [-0.25, -0.2) is 4.39 Å². The summed E-state index contributed by atoms with van der Waals surface area (Å²) in [7, 11) is 0. The lowest BCUT2D eigenvalue weighted by Gasteiger charge is -2.14. The maximum Gasteiger partial charge on any atom is 0.263 e. The number of halogens is 2. The number of hydrogen-bond donors (Lipinski definition) is 1. The van der Waals surface area contributed by atoms with Crippen molar-refractivity contribution >= 4 is 29.3 Å². The topological polar surface area (TPSA) is 66.5 Å². The lowest BCUT2D eigenvalue weighted by molar-refractivity contribution is 0.0650. The molecule has 0 aromatic heterocycles. The zero-order chi connectivity index (χ0) is 17.3. The Bertz CT molecular complexity index is 836. The second kappa shape index (κ2) is 6.41. The van der Waals surface area contributed by atoms with Gasteiger partial charge in [-0.1, -0.05) is 17.7 Å². The van der Waals surface area contributed by atoms with Crippen molar-refractivity contribution in [1.82, 2.24) is 10.2 Å². The summed E-state index contributed by atoms with van der Waals surface area (Å²) < 4.78 is 12.8. The van der Waals surface area contributed by atoms with Gasteiger partial charge in [0, 0.05) is 18.7 Å². The molecule has 2 aromatic carbocycles. The molecule has 122 valence electrons. The van der Waals surface area contributed by atoms with Gasteiger partial charge in [0.1, 0.15) is 5.82 Å². The molecule has 0 atom stereocenters. The maximum atomic E-state index is 12.8. The van der Waals surface area contributed by atoms with E-state index >= 15 is 0 Å². The second-order valence-electron chi connectivity index (χ2n) is 5.19. The monoisotopic (exact) mass is 346 g/mol. The fourth-order valence-corrected chi connectivity index (χ4v) is 2.74. The smallest absolute Gasteiger partial charge is 0.263 e. The number of hydrogen-bond acceptors (Lipinski definition) is 3. The molecule has 0 aliphatic carbocycles. The molecule has 0 unspecified atom stereocenters. The first-order valence-electron chi connectivity index (χ1n) is 7.17. The highest BCUT2D eigenvalue weighted by Gasteiger charge is 2.36. The molecule has 3 amide bonds. The summed E-state index contributed by atoms with van der Waals surface area (Å²) >= 11 is 5.97. The molecule has 24 heavy (non-hydrogen) atoms. The van der Waals surface area contributed by atoms with E-state index in [0.29, 0.717) is 5.56 Å². The van der Waals surface area contributed by atoms with E-state index in [4.69, 9.17) is 11.6 Å². The summed E-state index contributed by atoms with van der Waals surface area (Å²) in [6.07, 6.45) is 0. The predicted octanol–water partition coefficient (Wildman–Crippen LogP) is 2.51. The van der Waals surface area contributed by atoms with Crippen LogP contribution >= 0.6 is 11.6 Å². The summed E-state index contributed by atoms with van der Waals surface area (Å²) in [6.45, 7) is 0.106. The van der Waals surface area contributed by atoms with Gasteiger partial charge >= 0.3 is 0 Å². The number of carbonyl (C=O) groups is 3. The third-order valence-electron chi connectivity index (χ3n) is 3.68. The standard InChI is InChI=1S/C17H12ClFN2O3/c18-13-3-1-2-12-14(13)17(24)21(16(12)23)9-8-20-15(22)10-4-6-11(19)7-5-10/h1-7H,8-9H2,(H,20,22). The van der Waals surface area contributed by atoms with Gasteiger partial charge < -0.3 is 5.32 Å². The van der Waals surface area contributed by atoms with E-state index in [1.807, 2.05) is 0 Å². The SMILES string of the molecule is O=C(NCCN1C(=O)c2cccc(Cl)c2C1=O)c1ccc(F)cc1. The molecular weight excluding hydrogens is 335 g/mol. The molecule has 1 N–H and O–H groups in total. The van der Waals surface area contributed by atoms with Crippen LogP contribution in [0.1, 0.15) is 31.1 Å². The van der Waals surface area contributed by atoms with Gasteiger partial charge in [-0.3, -0.25) is 19.3 Å². The van der Waals surface area contributed by atoms with Crippen LogP contribution < -0.4 is 5.32 Å². The fourth-order valence-electron chi connectivity index (χ4n) is 2.48. The highest BCUT2D eigenvalue weighted by atomic mass is 35.5. The Labute approximate surface area is 142 Å². The van der Waals surface area contributed by atoms with E-state index in [1.54, 1.807) is 18.2 Å². The van der Waals surface area contributed by atoms with Crippen LogP contribution in [0.3, 0.4) is 0 Å². The first kappa shape index (κ1) is 16.1. The minimum Gasteiger partial charge on any atom is -0.350 e. The number of carbonyl (C=O) groups excluding carboxylic acids is 3. The third-order valence-corrected chi connectivity index (χ3v) is 3.99. The number of benzene rings is 2. The van der Waals surface area contributed by atoms with E-state index in [0.717, 1.165) is 4.90 Å². The summed E-state index contributed by atoms with van der Waals surface area (Å²) in [4.78, 5) is 37.5. The number of fused-ring (bicyclic) bond motifs is 1. The molecule has 0 spiro atoms. The van der Waals surface area contributed by atoms with Crippen molar-refractivity contribution in [3.63, 3.8) is 0 Å². The van der Waals surface area contributed by atoms with E-state index < -0.39 is 23.5 Å². The quantitative estimate of drug-likeness (QED) is 0.865. The summed E-state index contributed by atoms with van der Waals surface area (Å²) in [5.74, 6) is -1.76. The Balaban J connectivity index is 1.63. The molecule has 3 rings (SSSR count). The largest absolute Gasteiger partial charge is 0.350 e. The zero-order valence-corrected chi connectivity index (χ0v) is 13.1. The molecule has 1 heterocycles. The first-order valence-corrected chi connectivity index (χ1v) is 7.55. The van der Waals surface area contributed by atoms with Crippen LogP contribution in [0.15, 0.2) is 42.5 Å². The average molecular weight is 347 g/mol. The Kier molecular flexibility index (Phi) is 4.31. The van der Waals surface area contributed by atoms with Crippen LogP contribution in [-0.2, 0) is 0 Å². The number of nitrogens with one attached hydrogen (secondary N) is 1. The van der Waals surface area contributed by atoms with Crippen LogP contribution in [0.25, 0.3) is 0 Å². The minimum atomic E-state index is -0.475. The van der Waals surface area contributed by atoms with Gasteiger partial charge in [0.15, 0.2) is 0 Å². The van der Waals surface area contributed by atoms with Gasteiger partial charge in [-0.15, -0.1) is 0 Å². The Morgan fingerprint density at radius 2 is 1.79 bits per heavy atom. The van der Waals surface area contributed by atoms with Crippen molar-refractivity contribution in [3.05, 3.63) is 70.0 Å². The molecule has 0 saturated heterocycles. The van der Waals surface area contributed by atoms with Crippen LogP contribution in [-0.4, -0.2) is 35.7 Å². The lowest BCUT2D eigenvalue weighted by atomic mass is 10.1. The molecule has 5 nitrogen and oxygen atoms in total. The van der Waals surface area contributed by atoms with Gasteiger partial charge in [0.2, 0.25) is 0 Å². The number of amides is 3. The Morgan fingerprint density at radius 1 is 1.08 bits per heavy atom. The molecule has 0 bridgehead atoms. The zero-order valence-electron chi connectivity index (χ0n) is 12.4. The van der Waals surface area contributed by atoms with Crippen LogP contribution in [0.2, 0.25) is 5.02 Å². The van der Waals surface area contributed by atoms with E-state index in [1.165, 1.54) is 24.3 Å². The molecule has 1 aliphatic heterocycles. The summed E-state index contributed by atoms with van der Waals surface area (Å²) in [5.41, 5.74) is 0.744. The van der Waals surface area contributed by atoms with Gasteiger partial charge in [0.05, 0.1) is 16.1 Å². The first-order chi connectivity index (χ1) is 11.5.